The number of ether oxygens (including phenoxy) is 2. The summed E-state index contributed by atoms with van der Waals surface area (Å²) in [6, 6.07) is 0. The maximum absolute atomic E-state index is 12.9. The fraction of sp³-hybridized carbons (Fsp3) is 0.679. The summed E-state index contributed by atoms with van der Waals surface area (Å²) in [4.78, 5) is 37.1. The third-order valence-corrected chi connectivity index (χ3v) is 10.4. The molecule has 1 heterocycles. The molecule has 2 saturated carbocycles. The molecule has 0 bridgehead atoms. The summed E-state index contributed by atoms with van der Waals surface area (Å²) < 4.78 is 11.1. The first kappa shape index (κ1) is 23.5. The molecule has 6 heteroatoms. The third-order valence-electron chi connectivity index (χ3n) is 10.4. The van der Waals surface area contributed by atoms with Crippen molar-refractivity contribution >= 4 is 17.7 Å². The molecule has 8 atom stereocenters. The van der Waals surface area contributed by atoms with Crippen LogP contribution in [0.25, 0.3) is 0 Å². The summed E-state index contributed by atoms with van der Waals surface area (Å²) in [5.74, 6) is -0.459. The van der Waals surface area contributed by atoms with Gasteiger partial charge in [-0.3, -0.25) is 9.59 Å². The largest absolute Gasteiger partial charge is 0.462 e. The Morgan fingerprint density at radius 3 is 2.47 bits per heavy atom. The Balaban J connectivity index is 1.62. The number of hydrogen-bond acceptors (Lipinski definition) is 6. The second kappa shape index (κ2) is 7.16. The number of esters is 2. The number of ketones is 1. The normalized spacial score (nSPS) is 46.6. The van der Waals surface area contributed by atoms with E-state index in [0.29, 0.717) is 18.4 Å². The zero-order valence-electron chi connectivity index (χ0n) is 21.0. The Labute approximate surface area is 201 Å². The molecular weight excluding hydrogens is 432 g/mol. The van der Waals surface area contributed by atoms with Crippen molar-refractivity contribution in [2.45, 2.75) is 79.6 Å². The Morgan fingerprint density at radius 1 is 1.15 bits per heavy atom. The van der Waals surface area contributed by atoms with Gasteiger partial charge in [0.05, 0.1) is 0 Å². The van der Waals surface area contributed by atoms with Crippen LogP contribution in [0.2, 0.25) is 0 Å². The average Bonchev–Trinajstić information content (AvgIpc) is 3.25. The Morgan fingerprint density at radius 2 is 1.85 bits per heavy atom. The van der Waals surface area contributed by atoms with E-state index in [1.165, 1.54) is 18.6 Å². The lowest BCUT2D eigenvalue weighted by atomic mass is 9.38. The monoisotopic (exact) mass is 468 g/mol. The molecular formula is C28H36O6. The van der Waals surface area contributed by atoms with Crippen molar-refractivity contribution in [2.24, 2.45) is 39.4 Å². The van der Waals surface area contributed by atoms with Gasteiger partial charge in [0.2, 0.25) is 6.29 Å². The zero-order valence-corrected chi connectivity index (χ0v) is 21.0. The first-order chi connectivity index (χ1) is 15.8. The molecule has 0 radical (unpaired) electrons. The van der Waals surface area contributed by atoms with Crippen LogP contribution in [0.5, 0.6) is 0 Å². The maximum Gasteiger partial charge on any atom is 0.333 e. The summed E-state index contributed by atoms with van der Waals surface area (Å²) >= 11 is 0. The molecule has 0 spiro atoms. The van der Waals surface area contributed by atoms with Crippen LogP contribution in [0, 0.1) is 39.4 Å². The highest BCUT2D eigenvalue weighted by molar-refractivity contribution is 5.95. The van der Waals surface area contributed by atoms with E-state index in [-0.39, 0.29) is 46.4 Å². The van der Waals surface area contributed by atoms with Crippen molar-refractivity contribution in [3.63, 3.8) is 0 Å². The quantitative estimate of drug-likeness (QED) is 0.481. The van der Waals surface area contributed by atoms with Gasteiger partial charge in [0, 0.05) is 29.4 Å². The highest BCUT2D eigenvalue weighted by Crippen LogP contribution is 2.72. The molecule has 1 aliphatic heterocycles. The standard InChI is InChI=1S/C28H36O6/c1-15(29)33-22-14-20-25(2,3)21(30)10-12-27(20,5)19-9-11-26(4)17(7-8-18(26)28(19,22)6)16-13-23(31)34-24(16)32/h8,10,12-13,17,19-20,22,24,32H,7,9,11,14H2,1-6H3/t17-,19?,20?,22+,24?,26-,27+,28-/m0/s1. The van der Waals surface area contributed by atoms with Crippen LogP contribution in [0.4, 0.5) is 0 Å². The SMILES string of the molecule is CC(=O)O[C@@H]1CC2C(C)(C)C(=O)C=C[C@]2(C)C2CC[C@]3(C)C(=CC[C@H]3C3=CC(=O)OC3O)[C@@]21C. The third kappa shape index (κ3) is 2.87. The van der Waals surface area contributed by atoms with E-state index >= 15 is 0 Å². The molecule has 4 aliphatic carbocycles. The maximum atomic E-state index is 12.9. The van der Waals surface area contributed by atoms with Gasteiger partial charge in [-0.05, 0) is 60.3 Å². The van der Waals surface area contributed by atoms with Gasteiger partial charge in [0.1, 0.15) is 6.10 Å². The molecule has 0 aromatic carbocycles. The lowest BCUT2D eigenvalue weighted by molar-refractivity contribution is -0.187. The molecule has 1 N–H and O–H groups in total. The van der Waals surface area contributed by atoms with Gasteiger partial charge < -0.3 is 14.6 Å². The van der Waals surface area contributed by atoms with Crippen LogP contribution >= 0.6 is 0 Å². The van der Waals surface area contributed by atoms with Gasteiger partial charge in [0.25, 0.3) is 0 Å². The Bertz CT molecular complexity index is 1060. The van der Waals surface area contributed by atoms with Crippen LogP contribution in [0.1, 0.15) is 67.2 Å². The predicted octanol–water partition coefficient (Wildman–Crippen LogP) is 4.28. The number of fused-ring (bicyclic) bond motifs is 5. The highest BCUT2D eigenvalue weighted by atomic mass is 16.6. The van der Waals surface area contributed by atoms with Crippen molar-refractivity contribution in [1.29, 1.82) is 0 Å². The first-order valence-corrected chi connectivity index (χ1v) is 12.5. The molecule has 6 nitrogen and oxygen atoms in total. The summed E-state index contributed by atoms with van der Waals surface area (Å²) in [6.07, 6.45) is 9.18. The smallest absolute Gasteiger partial charge is 0.333 e. The highest BCUT2D eigenvalue weighted by Gasteiger charge is 2.68. The van der Waals surface area contributed by atoms with Crippen molar-refractivity contribution in [2.75, 3.05) is 0 Å². The van der Waals surface area contributed by atoms with E-state index in [1.807, 2.05) is 13.8 Å². The minimum Gasteiger partial charge on any atom is -0.462 e. The summed E-state index contributed by atoms with van der Waals surface area (Å²) in [5.41, 5.74) is 0.449. The van der Waals surface area contributed by atoms with Gasteiger partial charge in [-0.1, -0.05) is 52.3 Å². The van der Waals surface area contributed by atoms with E-state index in [1.54, 1.807) is 6.08 Å². The number of carbonyl (C=O) groups excluding carboxylic acids is 3. The topological polar surface area (TPSA) is 89.9 Å². The molecule has 0 amide bonds. The van der Waals surface area contributed by atoms with Crippen LogP contribution in [-0.2, 0) is 23.9 Å². The fourth-order valence-corrected chi connectivity index (χ4v) is 8.82. The molecule has 184 valence electrons. The first-order valence-electron chi connectivity index (χ1n) is 12.5. The van der Waals surface area contributed by atoms with Gasteiger partial charge >= 0.3 is 11.9 Å². The summed E-state index contributed by atoms with van der Waals surface area (Å²) in [6.45, 7) is 12.2. The molecule has 0 aromatic heterocycles. The van der Waals surface area contributed by atoms with Gasteiger partial charge in [-0.15, -0.1) is 0 Å². The number of hydrogen-bond donors (Lipinski definition) is 1. The number of allylic oxidation sites excluding steroid dienone is 3. The molecule has 0 saturated heterocycles. The van der Waals surface area contributed by atoms with Crippen LogP contribution in [-0.4, -0.2) is 35.2 Å². The fourth-order valence-electron chi connectivity index (χ4n) is 8.82. The van der Waals surface area contributed by atoms with Crippen molar-refractivity contribution in [1.82, 2.24) is 0 Å². The number of carbonyl (C=O) groups is 3. The predicted molar refractivity (Wildman–Crippen MR) is 125 cm³/mol. The molecule has 0 aromatic rings. The van der Waals surface area contributed by atoms with E-state index in [9.17, 15) is 19.5 Å². The molecule has 2 fully saturated rings. The van der Waals surface area contributed by atoms with E-state index in [0.717, 1.165) is 12.8 Å². The van der Waals surface area contributed by atoms with Crippen molar-refractivity contribution in [3.05, 3.63) is 35.5 Å². The molecule has 5 rings (SSSR count). The molecule has 34 heavy (non-hydrogen) atoms. The number of cyclic esters (lactones) is 1. The molecule has 5 aliphatic rings. The van der Waals surface area contributed by atoms with Gasteiger partial charge in [-0.2, -0.15) is 0 Å². The van der Waals surface area contributed by atoms with Gasteiger partial charge in [0.15, 0.2) is 5.78 Å². The Kier molecular flexibility index (Phi) is 4.95. The Hall–Kier alpha value is -2.21. The zero-order chi connectivity index (χ0) is 24.8. The van der Waals surface area contributed by atoms with E-state index < -0.39 is 23.1 Å². The number of aliphatic hydroxyl groups excluding tert-OH is 1. The van der Waals surface area contributed by atoms with Crippen LogP contribution < -0.4 is 0 Å². The second-order valence-electron chi connectivity index (χ2n) is 12.3. The van der Waals surface area contributed by atoms with Crippen LogP contribution in [0.3, 0.4) is 0 Å². The van der Waals surface area contributed by atoms with Crippen molar-refractivity contribution in [3.8, 4) is 0 Å². The lowest BCUT2D eigenvalue weighted by Gasteiger charge is -2.66. The minimum atomic E-state index is -1.20. The van der Waals surface area contributed by atoms with E-state index in [4.69, 9.17) is 9.47 Å². The van der Waals surface area contributed by atoms with Crippen LogP contribution in [0.15, 0.2) is 35.5 Å². The molecule has 3 unspecified atom stereocenters. The van der Waals surface area contributed by atoms with Gasteiger partial charge in [-0.25, -0.2) is 4.79 Å². The van der Waals surface area contributed by atoms with Crippen molar-refractivity contribution < 1.29 is 29.0 Å². The average molecular weight is 469 g/mol. The second-order valence-corrected chi connectivity index (χ2v) is 12.3. The minimum absolute atomic E-state index is 0.0369. The summed E-state index contributed by atoms with van der Waals surface area (Å²) in [5, 5.41) is 10.4. The number of rotatable bonds is 2. The lowest BCUT2D eigenvalue weighted by Crippen LogP contribution is -2.64. The number of aliphatic hydroxyl groups is 1. The van der Waals surface area contributed by atoms with E-state index in [2.05, 4.69) is 32.9 Å². The summed E-state index contributed by atoms with van der Waals surface area (Å²) in [7, 11) is 0.